The van der Waals surface area contributed by atoms with Crippen LogP contribution in [0.5, 0.6) is 0 Å². The molecule has 1 aromatic heterocycles. The molecule has 0 aliphatic rings. The molecule has 0 bridgehead atoms. The fourth-order valence-corrected chi connectivity index (χ4v) is 2.19. The van der Waals surface area contributed by atoms with Crippen molar-refractivity contribution in [2.24, 2.45) is 0 Å². The van der Waals surface area contributed by atoms with E-state index < -0.39 is 0 Å². The number of carbonyl (C=O) groups is 1. The number of hydrogen-bond acceptors (Lipinski definition) is 3. The zero-order valence-corrected chi connectivity index (χ0v) is 12.2. The first-order valence-electron chi connectivity index (χ1n) is 6.39. The maximum Gasteiger partial charge on any atom is 0.252 e. The van der Waals surface area contributed by atoms with Crippen molar-refractivity contribution in [1.29, 1.82) is 0 Å². The Labute approximate surface area is 123 Å². The SMILES string of the molecule is Cc1ccc(CCNC(=O)c2cnnc(C)c2)c(Cl)c1. The number of rotatable bonds is 4. The van der Waals surface area contributed by atoms with E-state index in [1.165, 1.54) is 6.20 Å². The van der Waals surface area contributed by atoms with Gasteiger partial charge in [-0.1, -0.05) is 23.7 Å². The zero-order chi connectivity index (χ0) is 14.5. The van der Waals surface area contributed by atoms with Gasteiger partial charge in [0.25, 0.3) is 5.91 Å². The number of halogens is 1. The zero-order valence-electron chi connectivity index (χ0n) is 11.5. The predicted octanol–water partition coefficient (Wildman–Crippen LogP) is 2.72. The van der Waals surface area contributed by atoms with Crippen LogP contribution in [0.2, 0.25) is 5.02 Å². The van der Waals surface area contributed by atoms with Gasteiger partial charge in [0.1, 0.15) is 0 Å². The number of hydrogen-bond donors (Lipinski definition) is 1. The molecule has 1 aromatic carbocycles. The van der Waals surface area contributed by atoms with Gasteiger partial charge in [-0.3, -0.25) is 4.79 Å². The molecule has 0 saturated heterocycles. The normalized spacial score (nSPS) is 10.3. The van der Waals surface area contributed by atoms with E-state index in [2.05, 4.69) is 15.5 Å². The molecule has 4 nitrogen and oxygen atoms in total. The summed E-state index contributed by atoms with van der Waals surface area (Å²) in [6, 6.07) is 7.64. The number of nitrogens with zero attached hydrogens (tertiary/aromatic N) is 2. The molecule has 1 amide bonds. The Bertz CT molecular complexity index is 628. The van der Waals surface area contributed by atoms with Crippen molar-refractivity contribution in [3.8, 4) is 0 Å². The molecule has 0 radical (unpaired) electrons. The van der Waals surface area contributed by atoms with Crippen molar-refractivity contribution < 1.29 is 4.79 Å². The Kier molecular flexibility index (Phi) is 4.69. The number of carbonyl (C=O) groups excluding carboxylic acids is 1. The summed E-state index contributed by atoms with van der Waals surface area (Å²) in [5.74, 6) is -0.147. The lowest BCUT2D eigenvalue weighted by molar-refractivity contribution is 0.0953. The minimum atomic E-state index is -0.147. The van der Waals surface area contributed by atoms with Crippen LogP contribution < -0.4 is 5.32 Å². The first-order valence-corrected chi connectivity index (χ1v) is 6.76. The van der Waals surface area contributed by atoms with Crippen molar-refractivity contribution in [3.63, 3.8) is 0 Å². The molecule has 0 unspecified atom stereocenters. The summed E-state index contributed by atoms with van der Waals surface area (Å²) in [5.41, 5.74) is 3.40. The number of nitrogens with one attached hydrogen (secondary N) is 1. The third kappa shape index (κ3) is 3.78. The molecule has 5 heteroatoms. The van der Waals surface area contributed by atoms with Gasteiger partial charge in [0.15, 0.2) is 0 Å². The van der Waals surface area contributed by atoms with Gasteiger partial charge in [-0.25, -0.2) is 0 Å². The standard InChI is InChI=1S/C15H16ClN3O/c1-10-3-4-12(14(16)7-10)5-6-17-15(20)13-8-11(2)19-18-9-13/h3-4,7-9H,5-6H2,1-2H3,(H,17,20). The molecule has 0 spiro atoms. The topological polar surface area (TPSA) is 54.9 Å². The van der Waals surface area contributed by atoms with E-state index in [1.54, 1.807) is 13.0 Å². The average molecular weight is 290 g/mol. The van der Waals surface area contributed by atoms with Crippen molar-refractivity contribution >= 4 is 17.5 Å². The molecular weight excluding hydrogens is 274 g/mol. The Morgan fingerprint density at radius 2 is 2.10 bits per heavy atom. The molecule has 0 atom stereocenters. The van der Waals surface area contributed by atoms with Crippen LogP contribution >= 0.6 is 11.6 Å². The number of aryl methyl sites for hydroxylation is 2. The summed E-state index contributed by atoms with van der Waals surface area (Å²) in [7, 11) is 0. The van der Waals surface area contributed by atoms with Gasteiger partial charge >= 0.3 is 0 Å². The quantitative estimate of drug-likeness (QED) is 0.941. The van der Waals surface area contributed by atoms with E-state index in [-0.39, 0.29) is 5.91 Å². The van der Waals surface area contributed by atoms with E-state index in [0.717, 1.165) is 21.8 Å². The van der Waals surface area contributed by atoms with Crippen LogP contribution in [0, 0.1) is 13.8 Å². The Hall–Kier alpha value is -1.94. The summed E-state index contributed by atoms with van der Waals surface area (Å²) in [5, 5.41) is 11.2. The van der Waals surface area contributed by atoms with Gasteiger partial charge in [-0.05, 0) is 43.5 Å². The molecule has 20 heavy (non-hydrogen) atoms. The van der Waals surface area contributed by atoms with Gasteiger partial charge in [0.2, 0.25) is 0 Å². The molecule has 0 aliphatic heterocycles. The fraction of sp³-hybridized carbons (Fsp3) is 0.267. The summed E-state index contributed by atoms with van der Waals surface area (Å²) in [6.45, 7) is 4.33. The van der Waals surface area contributed by atoms with E-state index in [9.17, 15) is 4.79 Å². The second kappa shape index (κ2) is 6.48. The van der Waals surface area contributed by atoms with Gasteiger partial charge in [0.05, 0.1) is 17.5 Å². The minimum Gasteiger partial charge on any atom is -0.352 e. The van der Waals surface area contributed by atoms with Crippen LogP contribution in [0.15, 0.2) is 30.5 Å². The van der Waals surface area contributed by atoms with Crippen LogP contribution in [-0.2, 0) is 6.42 Å². The third-order valence-electron chi connectivity index (χ3n) is 2.93. The number of aromatic nitrogens is 2. The largest absolute Gasteiger partial charge is 0.352 e. The Morgan fingerprint density at radius 1 is 1.30 bits per heavy atom. The predicted molar refractivity (Wildman–Crippen MR) is 79.0 cm³/mol. The van der Waals surface area contributed by atoms with Gasteiger partial charge in [-0.15, -0.1) is 0 Å². The van der Waals surface area contributed by atoms with Crippen molar-refractivity contribution in [1.82, 2.24) is 15.5 Å². The van der Waals surface area contributed by atoms with Crippen molar-refractivity contribution in [3.05, 3.63) is 57.9 Å². The molecule has 1 heterocycles. The molecule has 0 fully saturated rings. The van der Waals surface area contributed by atoms with Gasteiger partial charge in [0, 0.05) is 11.6 Å². The number of amides is 1. The molecule has 1 N–H and O–H groups in total. The van der Waals surface area contributed by atoms with Gasteiger partial charge in [-0.2, -0.15) is 10.2 Å². The highest BCUT2D eigenvalue weighted by Gasteiger charge is 2.07. The van der Waals surface area contributed by atoms with Crippen LogP contribution in [0.1, 0.15) is 27.2 Å². The van der Waals surface area contributed by atoms with E-state index in [1.807, 2.05) is 25.1 Å². The summed E-state index contributed by atoms with van der Waals surface area (Å²) in [6.07, 6.45) is 2.16. The van der Waals surface area contributed by atoms with Crippen molar-refractivity contribution in [2.45, 2.75) is 20.3 Å². The second-order valence-corrected chi connectivity index (χ2v) is 5.09. The van der Waals surface area contributed by atoms with E-state index in [0.29, 0.717) is 18.5 Å². The first kappa shape index (κ1) is 14.5. The summed E-state index contributed by atoms with van der Waals surface area (Å²) < 4.78 is 0. The lowest BCUT2D eigenvalue weighted by atomic mass is 10.1. The first-order chi connectivity index (χ1) is 9.56. The molecule has 104 valence electrons. The molecule has 2 aromatic rings. The van der Waals surface area contributed by atoms with Crippen LogP contribution in [-0.4, -0.2) is 22.6 Å². The lowest BCUT2D eigenvalue weighted by Gasteiger charge is -2.07. The maximum atomic E-state index is 11.9. The Balaban J connectivity index is 1.91. The minimum absolute atomic E-state index is 0.147. The monoisotopic (exact) mass is 289 g/mol. The third-order valence-corrected chi connectivity index (χ3v) is 3.28. The Morgan fingerprint density at radius 3 is 2.80 bits per heavy atom. The van der Waals surface area contributed by atoms with E-state index in [4.69, 9.17) is 11.6 Å². The van der Waals surface area contributed by atoms with E-state index >= 15 is 0 Å². The van der Waals surface area contributed by atoms with Crippen molar-refractivity contribution in [2.75, 3.05) is 6.54 Å². The fourth-order valence-electron chi connectivity index (χ4n) is 1.87. The highest BCUT2D eigenvalue weighted by atomic mass is 35.5. The summed E-state index contributed by atoms with van der Waals surface area (Å²) >= 11 is 6.15. The smallest absolute Gasteiger partial charge is 0.252 e. The lowest BCUT2D eigenvalue weighted by Crippen LogP contribution is -2.26. The maximum absolute atomic E-state index is 11.9. The van der Waals surface area contributed by atoms with Gasteiger partial charge < -0.3 is 5.32 Å². The van der Waals surface area contributed by atoms with Crippen LogP contribution in [0.3, 0.4) is 0 Å². The second-order valence-electron chi connectivity index (χ2n) is 4.69. The molecule has 0 aliphatic carbocycles. The van der Waals surface area contributed by atoms with Crippen LogP contribution in [0.4, 0.5) is 0 Å². The molecule has 0 saturated carbocycles. The highest BCUT2D eigenvalue weighted by Crippen LogP contribution is 2.17. The summed E-state index contributed by atoms with van der Waals surface area (Å²) in [4.78, 5) is 11.9. The van der Waals surface area contributed by atoms with Crippen LogP contribution in [0.25, 0.3) is 0 Å². The average Bonchev–Trinajstić information content (AvgIpc) is 2.41. The highest BCUT2D eigenvalue weighted by molar-refractivity contribution is 6.31. The number of benzene rings is 1. The molecule has 2 rings (SSSR count). The molecular formula is C15H16ClN3O.